The Morgan fingerprint density at radius 1 is 1.19 bits per heavy atom. The molecule has 0 saturated carbocycles. The zero-order valence-electron chi connectivity index (χ0n) is 17.9. The lowest BCUT2D eigenvalue weighted by molar-refractivity contribution is -0.132. The number of benzene rings is 1. The van der Waals surface area contributed by atoms with Crippen LogP contribution in [-0.2, 0) is 9.53 Å². The van der Waals surface area contributed by atoms with Crippen molar-refractivity contribution in [3.05, 3.63) is 54.0 Å². The number of aryl methyl sites for hydroxylation is 1. The lowest BCUT2D eigenvalue weighted by atomic mass is 10.1. The van der Waals surface area contributed by atoms with Crippen LogP contribution in [0.2, 0.25) is 0 Å². The molecule has 0 fully saturated rings. The molecule has 3 aromatic rings. The first-order valence-electron chi connectivity index (χ1n) is 10.1. The molecule has 0 bridgehead atoms. The fraction of sp³-hybridized carbons (Fsp3) is 0.273. The summed E-state index contributed by atoms with van der Waals surface area (Å²) >= 11 is 0. The summed E-state index contributed by atoms with van der Waals surface area (Å²) < 4.78 is 4.89. The highest BCUT2D eigenvalue weighted by atomic mass is 16.5. The number of carbonyl (C=O) groups is 1. The van der Waals surface area contributed by atoms with Gasteiger partial charge in [0.15, 0.2) is 0 Å². The highest BCUT2D eigenvalue weighted by Gasteiger charge is 2.33. The second-order valence-electron chi connectivity index (χ2n) is 6.91. The second kappa shape index (κ2) is 8.47. The number of aliphatic imine (C=N–C) groups is 1. The van der Waals surface area contributed by atoms with Crippen molar-refractivity contribution >= 4 is 28.8 Å². The molecule has 3 heterocycles. The lowest BCUT2D eigenvalue weighted by Crippen LogP contribution is -2.23. The van der Waals surface area contributed by atoms with Crippen LogP contribution in [0.3, 0.4) is 0 Å². The number of hydrogen-bond acceptors (Lipinski definition) is 8. The second-order valence-corrected chi connectivity index (χ2v) is 6.91. The number of fused-ring (bicyclic) bond motifs is 1. The maximum absolute atomic E-state index is 12.3. The molecule has 0 radical (unpaired) electrons. The quantitative estimate of drug-likeness (QED) is 0.572. The summed E-state index contributed by atoms with van der Waals surface area (Å²) in [7, 11) is 1.31. The molecule has 158 valence electrons. The van der Waals surface area contributed by atoms with Crippen molar-refractivity contribution in [1.29, 1.82) is 0 Å². The molecule has 9 nitrogen and oxygen atoms in total. The first-order valence-corrected chi connectivity index (χ1v) is 10.1. The average Bonchev–Trinajstić information content (AvgIpc) is 3.35. The van der Waals surface area contributed by atoms with Crippen molar-refractivity contribution in [2.75, 3.05) is 25.1 Å². The minimum absolute atomic E-state index is 0.0669. The number of pyridine rings is 1. The maximum atomic E-state index is 12.3. The van der Waals surface area contributed by atoms with Crippen LogP contribution >= 0.6 is 0 Å². The fourth-order valence-electron chi connectivity index (χ4n) is 3.38. The van der Waals surface area contributed by atoms with E-state index in [9.17, 15) is 4.79 Å². The van der Waals surface area contributed by atoms with E-state index in [-0.39, 0.29) is 5.71 Å². The summed E-state index contributed by atoms with van der Waals surface area (Å²) in [6, 6.07) is 11.5. The molecule has 0 saturated heterocycles. The van der Waals surface area contributed by atoms with Gasteiger partial charge in [-0.3, -0.25) is 4.98 Å². The number of carbonyl (C=O) groups excluding carboxylic acids is 1. The Balaban J connectivity index is 1.78. The fourth-order valence-corrected chi connectivity index (χ4v) is 3.38. The van der Waals surface area contributed by atoms with Gasteiger partial charge in [-0.05, 0) is 56.7 Å². The molecular formula is C22H23N7O2. The van der Waals surface area contributed by atoms with Crippen LogP contribution in [0.15, 0.2) is 52.7 Å². The van der Waals surface area contributed by atoms with Gasteiger partial charge in [-0.25, -0.2) is 14.8 Å². The lowest BCUT2D eigenvalue weighted by Gasteiger charge is -2.21. The van der Waals surface area contributed by atoms with Crippen LogP contribution in [0.5, 0.6) is 0 Å². The number of ether oxygens (including phenoxy) is 1. The predicted octanol–water partition coefficient (Wildman–Crippen LogP) is 3.01. The van der Waals surface area contributed by atoms with Crippen LogP contribution < -0.4 is 4.90 Å². The standard InChI is InChI=1S/C22H23N7O2/c1-5-28(6-2)15-10-11-16(14(3)13-15)24-18-19(22(30)31-4)26-29-21(18)25-20(27-29)17-9-7-8-12-23-17/h7-13H,5-6H2,1-4H3. The SMILES string of the molecule is CCN(CC)c1ccc(N=C2C(C(=O)OC)=Nn3nc(-c4ccccn4)nc32)c(C)c1. The average molecular weight is 417 g/mol. The molecule has 0 atom stereocenters. The van der Waals surface area contributed by atoms with Gasteiger partial charge >= 0.3 is 5.97 Å². The molecule has 0 aliphatic carbocycles. The number of anilines is 1. The van der Waals surface area contributed by atoms with Crippen LogP contribution in [0.4, 0.5) is 11.4 Å². The molecule has 1 aliphatic rings. The van der Waals surface area contributed by atoms with E-state index in [4.69, 9.17) is 9.73 Å². The van der Waals surface area contributed by atoms with E-state index < -0.39 is 5.97 Å². The number of methoxy groups -OCH3 is 1. The molecule has 4 rings (SSSR count). The van der Waals surface area contributed by atoms with Gasteiger partial charge in [0, 0.05) is 25.0 Å². The molecular weight excluding hydrogens is 394 g/mol. The summed E-state index contributed by atoms with van der Waals surface area (Å²) in [5, 5.41) is 8.63. The third-order valence-electron chi connectivity index (χ3n) is 5.04. The van der Waals surface area contributed by atoms with Crippen LogP contribution in [0.1, 0.15) is 25.2 Å². The maximum Gasteiger partial charge on any atom is 0.361 e. The minimum Gasteiger partial charge on any atom is -0.464 e. The molecule has 9 heteroatoms. The van der Waals surface area contributed by atoms with Gasteiger partial charge in [0.2, 0.25) is 17.4 Å². The van der Waals surface area contributed by atoms with Crippen molar-refractivity contribution in [3.63, 3.8) is 0 Å². The van der Waals surface area contributed by atoms with Gasteiger partial charge in [0.05, 0.1) is 12.8 Å². The number of rotatable bonds is 6. The van der Waals surface area contributed by atoms with E-state index in [0.717, 1.165) is 30.0 Å². The van der Waals surface area contributed by atoms with Gasteiger partial charge in [-0.15, -0.1) is 15.0 Å². The number of hydrogen-bond donors (Lipinski definition) is 0. The normalized spacial score (nSPS) is 13.8. The summed E-state index contributed by atoms with van der Waals surface area (Å²) in [6.07, 6.45) is 1.67. The van der Waals surface area contributed by atoms with E-state index in [1.54, 1.807) is 6.20 Å². The first kappa shape index (κ1) is 20.4. The van der Waals surface area contributed by atoms with Crippen LogP contribution in [-0.4, -0.2) is 57.4 Å². The summed E-state index contributed by atoms with van der Waals surface area (Å²) in [4.78, 5) is 29.4. The Kier molecular flexibility index (Phi) is 5.57. The van der Waals surface area contributed by atoms with Gasteiger partial charge in [-0.2, -0.15) is 0 Å². The third kappa shape index (κ3) is 3.81. The zero-order valence-corrected chi connectivity index (χ0v) is 17.9. The van der Waals surface area contributed by atoms with E-state index in [1.165, 1.54) is 11.9 Å². The third-order valence-corrected chi connectivity index (χ3v) is 5.04. The molecule has 0 spiro atoms. The smallest absolute Gasteiger partial charge is 0.361 e. The predicted molar refractivity (Wildman–Crippen MR) is 119 cm³/mol. The van der Waals surface area contributed by atoms with Crippen LogP contribution in [0.25, 0.3) is 11.5 Å². The van der Waals surface area contributed by atoms with E-state index in [2.05, 4.69) is 45.0 Å². The Labute approximate surface area is 180 Å². The van der Waals surface area contributed by atoms with Crippen molar-refractivity contribution in [2.24, 2.45) is 10.1 Å². The van der Waals surface area contributed by atoms with E-state index in [1.807, 2.05) is 37.3 Å². The summed E-state index contributed by atoms with van der Waals surface area (Å²) in [5.74, 6) is 0.181. The van der Waals surface area contributed by atoms with Gasteiger partial charge in [0.25, 0.3) is 0 Å². The van der Waals surface area contributed by atoms with Crippen molar-refractivity contribution in [1.82, 2.24) is 19.9 Å². The zero-order chi connectivity index (χ0) is 22.0. The Morgan fingerprint density at radius 2 is 2.00 bits per heavy atom. The largest absolute Gasteiger partial charge is 0.464 e. The van der Waals surface area contributed by atoms with Gasteiger partial charge in [0.1, 0.15) is 11.4 Å². The van der Waals surface area contributed by atoms with Gasteiger partial charge < -0.3 is 9.64 Å². The van der Waals surface area contributed by atoms with Gasteiger partial charge in [-0.1, -0.05) is 6.07 Å². The molecule has 0 amide bonds. The molecule has 1 aliphatic heterocycles. The number of esters is 1. The first-order chi connectivity index (χ1) is 15.0. The van der Waals surface area contributed by atoms with Crippen molar-refractivity contribution in [2.45, 2.75) is 20.8 Å². The summed E-state index contributed by atoms with van der Waals surface area (Å²) in [6.45, 7) is 8.07. The monoisotopic (exact) mass is 417 g/mol. The Bertz CT molecular complexity index is 1180. The molecule has 1 aromatic carbocycles. The van der Waals surface area contributed by atoms with Crippen molar-refractivity contribution in [3.8, 4) is 11.5 Å². The van der Waals surface area contributed by atoms with Crippen molar-refractivity contribution < 1.29 is 9.53 Å². The van der Waals surface area contributed by atoms with Crippen LogP contribution in [0, 0.1) is 6.92 Å². The highest BCUT2D eigenvalue weighted by molar-refractivity contribution is 6.69. The summed E-state index contributed by atoms with van der Waals surface area (Å²) in [5.41, 5.74) is 3.82. The molecule has 0 N–H and O–H groups in total. The number of nitrogens with zero attached hydrogens (tertiary/aromatic N) is 7. The molecule has 0 unspecified atom stereocenters. The Hall–Kier alpha value is -3.88. The minimum atomic E-state index is -0.595. The molecule has 2 aromatic heterocycles. The highest BCUT2D eigenvalue weighted by Crippen LogP contribution is 2.27. The van der Waals surface area contributed by atoms with E-state index in [0.29, 0.717) is 23.1 Å². The topological polar surface area (TPSA) is 97.9 Å². The molecule has 31 heavy (non-hydrogen) atoms. The van der Waals surface area contributed by atoms with E-state index >= 15 is 0 Å². The number of aromatic nitrogens is 4. The Morgan fingerprint density at radius 3 is 2.65 bits per heavy atom.